The zero-order valence-electron chi connectivity index (χ0n) is 8.36. The third-order valence-electron chi connectivity index (χ3n) is 2.41. The van der Waals surface area contributed by atoms with Crippen LogP contribution in [0.3, 0.4) is 0 Å². The number of hydrogen-bond donors (Lipinski definition) is 0. The summed E-state index contributed by atoms with van der Waals surface area (Å²) in [5.41, 5.74) is 0. The summed E-state index contributed by atoms with van der Waals surface area (Å²) in [4.78, 5) is 10.7. The van der Waals surface area contributed by atoms with Gasteiger partial charge < -0.3 is 4.74 Å². The topological polar surface area (TPSA) is 60.4 Å². The van der Waals surface area contributed by atoms with E-state index < -0.39 is 9.84 Å². The van der Waals surface area contributed by atoms with Crippen molar-refractivity contribution in [1.29, 1.82) is 0 Å². The number of rotatable bonds is 4. The lowest BCUT2D eigenvalue weighted by atomic mass is 10.2. The SMILES string of the molecule is CC(=O)CCS(=O)(=O)C1CCOCC1. The van der Waals surface area contributed by atoms with Gasteiger partial charge in [-0.05, 0) is 19.8 Å². The van der Waals surface area contributed by atoms with Crippen LogP contribution >= 0.6 is 0 Å². The molecule has 1 saturated heterocycles. The molecule has 0 unspecified atom stereocenters. The van der Waals surface area contributed by atoms with Gasteiger partial charge in [-0.2, -0.15) is 0 Å². The molecule has 0 amide bonds. The fourth-order valence-corrected chi connectivity index (χ4v) is 3.30. The van der Waals surface area contributed by atoms with Gasteiger partial charge in [-0.3, -0.25) is 4.79 Å². The molecule has 1 aliphatic rings. The van der Waals surface area contributed by atoms with Crippen LogP contribution in [-0.2, 0) is 19.4 Å². The lowest BCUT2D eigenvalue weighted by Crippen LogP contribution is -2.31. The van der Waals surface area contributed by atoms with E-state index in [-0.39, 0.29) is 23.2 Å². The average molecular weight is 220 g/mol. The zero-order chi connectivity index (χ0) is 10.6. The molecule has 0 spiro atoms. The van der Waals surface area contributed by atoms with E-state index in [0.29, 0.717) is 26.1 Å². The molecule has 5 heteroatoms. The highest BCUT2D eigenvalue weighted by atomic mass is 32.2. The Labute approximate surface area is 84.6 Å². The van der Waals surface area contributed by atoms with Gasteiger partial charge in [0.2, 0.25) is 0 Å². The summed E-state index contributed by atoms with van der Waals surface area (Å²) in [7, 11) is -3.08. The quantitative estimate of drug-likeness (QED) is 0.694. The highest BCUT2D eigenvalue weighted by molar-refractivity contribution is 7.92. The second kappa shape index (κ2) is 4.89. The Kier molecular flexibility index (Phi) is 4.07. The van der Waals surface area contributed by atoms with Crippen LogP contribution in [0, 0.1) is 0 Å². The number of Topliss-reactive ketones (excluding diaryl/α,β-unsaturated/α-hetero) is 1. The number of carbonyl (C=O) groups excluding carboxylic acids is 1. The first kappa shape index (κ1) is 11.7. The highest BCUT2D eigenvalue weighted by Crippen LogP contribution is 2.17. The second-order valence-electron chi connectivity index (χ2n) is 3.63. The number of carbonyl (C=O) groups is 1. The Morgan fingerprint density at radius 1 is 1.36 bits per heavy atom. The molecule has 0 radical (unpaired) electrons. The molecule has 1 heterocycles. The molecule has 0 aromatic carbocycles. The predicted octanol–water partition coefficient (Wildman–Crippen LogP) is 0.559. The minimum atomic E-state index is -3.08. The van der Waals surface area contributed by atoms with Crippen molar-refractivity contribution in [2.75, 3.05) is 19.0 Å². The number of hydrogen-bond acceptors (Lipinski definition) is 4. The van der Waals surface area contributed by atoms with Crippen LogP contribution < -0.4 is 0 Å². The van der Waals surface area contributed by atoms with Crippen molar-refractivity contribution in [3.05, 3.63) is 0 Å². The van der Waals surface area contributed by atoms with E-state index in [9.17, 15) is 13.2 Å². The Balaban J connectivity index is 2.50. The van der Waals surface area contributed by atoms with Gasteiger partial charge in [0.05, 0.1) is 11.0 Å². The van der Waals surface area contributed by atoms with Crippen LogP contribution in [0.1, 0.15) is 26.2 Å². The van der Waals surface area contributed by atoms with Gasteiger partial charge in [-0.15, -0.1) is 0 Å². The zero-order valence-corrected chi connectivity index (χ0v) is 9.18. The summed E-state index contributed by atoms with van der Waals surface area (Å²) in [6, 6.07) is 0. The van der Waals surface area contributed by atoms with Gasteiger partial charge in [0.15, 0.2) is 9.84 Å². The molecule has 0 aromatic heterocycles. The third kappa shape index (κ3) is 3.38. The molecular weight excluding hydrogens is 204 g/mol. The normalized spacial score (nSPS) is 19.5. The van der Waals surface area contributed by atoms with Crippen molar-refractivity contribution in [2.45, 2.75) is 31.4 Å². The van der Waals surface area contributed by atoms with Gasteiger partial charge in [-0.1, -0.05) is 0 Å². The van der Waals surface area contributed by atoms with E-state index in [1.165, 1.54) is 6.92 Å². The Morgan fingerprint density at radius 2 is 1.93 bits per heavy atom. The Bertz CT molecular complexity index is 288. The van der Waals surface area contributed by atoms with Gasteiger partial charge in [0.1, 0.15) is 5.78 Å². The van der Waals surface area contributed by atoms with E-state index in [1.54, 1.807) is 0 Å². The standard InChI is InChI=1S/C9H16O4S/c1-8(10)4-7-14(11,12)9-2-5-13-6-3-9/h9H,2-7H2,1H3. The maximum atomic E-state index is 11.7. The third-order valence-corrected chi connectivity index (χ3v) is 4.68. The van der Waals surface area contributed by atoms with Crippen molar-refractivity contribution in [3.63, 3.8) is 0 Å². The molecule has 0 aromatic rings. The lowest BCUT2D eigenvalue weighted by Gasteiger charge is -2.21. The maximum absolute atomic E-state index is 11.7. The maximum Gasteiger partial charge on any atom is 0.153 e. The summed E-state index contributed by atoms with van der Waals surface area (Å²) in [5.74, 6) is -0.0758. The molecule has 0 bridgehead atoms. The first-order chi connectivity index (χ1) is 6.52. The lowest BCUT2D eigenvalue weighted by molar-refractivity contribution is -0.116. The molecule has 0 saturated carbocycles. The smallest absolute Gasteiger partial charge is 0.153 e. The molecule has 1 rings (SSSR count). The molecule has 0 atom stereocenters. The molecule has 14 heavy (non-hydrogen) atoms. The van der Waals surface area contributed by atoms with Crippen LogP contribution in [0.4, 0.5) is 0 Å². The van der Waals surface area contributed by atoms with E-state index in [2.05, 4.69) is 0 Å². The molecular formula is C9H16O4S. The molecule has 0 N–H and O–H groups in total. The number of sulfone groups is 1. The van der Waals surface area contributed by atoms with E-state index in [1.807, 2.05) is 0 Å². The largest absolute Gasteiger partial charge is 0.381 e. The van der Waals surface area contributed by atoms with Gasteiger partial charge in [-0.25, -0.2) is 8.42 Å². The van der Waals surface area contributed by atoms with Crippen LogP contribution in [-0.4, -0.2) is 38.4 Å². The van der Waals surface area contributed by atoms with Gasteiger partial charge >= 0.3 is 0 Å². The van der Waals surface area contributed by atoms with Gasteiger partial charge in [0, 0.05) is 19.6 Å². The van der Waals surface area contributed by atoms with Crippen molar-refractivity contribution in [3.8, 4) is 0 Å². The summed E-state index contributed by atoms with van der Waals surface area (Å²) in [6.07, 6.45) is 1.28. The predicted molar refractivity (Wildman–Crippen MR) is 52.9 cm³/mol. The van der Waals surface area contributed by atoms with E-state index in [4.69, 9.17) is 4.74 Å². The number of ketones is 1. The second-order valence-corrected chi connectivity index (χ2v) is 6.03. The van der Waals surface area contributed by atoms with Crippen molar-refractivity contribution < 1.29 is 17.9 Å². The minimum absolute atomic E-state index is 0.00694. The molecule has 4 nitrogen and oxygen atoms in total. The first-order valence-electron chi connectivity index (χ1n) is 4.81. The molecule has 1 aliphatic heterocycles. The summed E-state index contributed by atoms with van der Waals surface area (Å²) < 4.78 is 28.5. The minimum Gasteiger partial charge on any atom is -0.381 e. The molecule has 82 valence electrons. The summed E-state index contributed by atoms with van der Waals surface area (Å²) in [5, 5.41) is -0.296. The average Bonchev–Trinajstić information content (AvgIpc) is 2.16. The van der Waals surface area contributed by atoms with Crippen LogP contribution in [0.2, 0.25) is 0 Å². The fraction of sp³-hybridized carbons (Fsp3) is 0.889. The van der Waals surface area contributed by atoms with E-state index >= 15 is 0 Å². The van der Waals surface area contributed by atoms with Crippen LogP contribution in [0.15, 0.2) is 0 Å². The number of ether oxygens (including phenoxy) is 1. The highest BCUT2D eigenvalue weighted by Gasteiger charge is 2.27. The van der Waals surface area contributed by atoms with Crippen molar-refractivity contribution >= 4 is 15.6 Å². The summed E-state index contributed by atoms with van der Waals surface area (Å²) >= 11 is 0. The van der Waals surface area contributed by atoms with Crippen molar-refractivity contribution in [2.24, 2.45) is 0 Å². The van der Waals surface area contributed by atoms with E-state index in [0.717, 1.165) is 0 Å². The Morgan fingerprint density at radius 3 is 2.43 bits per heavy atom. The van der Waals surface area contributed by atoms with Gasteiger partial charge in [0.25, 0.3) is 0 Å². The monoisotopic (exact) mass is 220 g/mol. The molecule has 1 fully saturated rings. The first-order valence-corrected chi connectivity index (χ1v) is 6.52. The van der Waals surface area contributed by atoms with Crippen LogP contribution in [0.5, 0.6) is 0 Å². The van der Waals surface area contributed by atoms with Crippen LogP contribution in [0.25, 0.3) is 0 Å². The molecule has 0 aliphatic carbocycles. The Hall–Kier alpha value is -0.420. The summed E-state index contributed by atoms with van der Waals surface area (Å²) in [6.45, 7) is 2.45. The fourth-order valence-electron chi connectivity index (χ4n) is 1.49. The van der Waals surface area contributed by atoms with Crippen molar-refractivity contribution in [1.82, 2.24) is 0 Å².